The first-order valence-electron chi connectivity index (χ1n) is 6.45. The molecule has 3 N–H and O–H groups in total. The van der Waals surface area contributed by atoms with Crippen LogP contribution in [-0.2, 0) is 6.42 Å². The molecule has 0 aromatic heterocycles. The van der Waals surface area contributed by atoms with Crippen molar-refractivity contribution in [3.8, 4) is 0 Å². The fraction of sp³-hybridized carbons (Fsp3) is 0.188. The van der Waals surface area contributed by atoms with Gasteiger partial charge in [0.2, 0.25) is 0 Å². The maximum atomic E-state index is 12.8. The number of halogens is 1. The molecule has 2 aromatic carbocycles. The minimum absolute atomic E-state index is 0.187. The number of nitrogen functional groups attached to an aromatic ring is 1. The molecule has 2 aromatic rings. The Hall–Kier alpha value is -2.36. The number of carbonyl (C=O) groups is 1. The Morgan fingerprint density at radius 1 is 1.20 bits per heavy atom. The first kappa shape index (κ1) is 14.1. The van der Waals surface area contributed by atoms with E-state index in [0.717, 1.165) is 11.1 Å². The Morgan fingerprint density at radius 3 is 2.60 bits per heavy atom. The van der Waals surface area contributed by atoms with Crippen molar-refractivity contribution in [2.24, 2.45) is 0 Å². The lowest BCUT2D eigenvalue weighted by Gasteiger charge is -2.09. The molecule has 0 heterocycles. The number of nitrogens with two attached hydrogens (primary N) is 1. The van der Waals surface area contributed by atoms with E-state index >= 15 is 0 Å². The van der Waals surface area contributed by atoms with E-state index in [4.69, 9.17) is 5.73 Å². The largest absolute Gasteiger partial charge is 0.398 e. The molecular formula is C16H17FN2O. The second kappa shape index (κ2) is 6.19. The average Bonchev–Trinajstić information content (AvgIpc) is 2.44. The van der Waals surface area contributed by atoms with E-state index in [-0.39, 0.29) is 11.7 Å². The average molecular weight is 272 g/mol. The molecule has 0 fully saturated rings. The summed E-state index contributed by atoms with van der Waals surface area (Å²) >= 11 is 0. The number of hydrogen-bond acceptors (Lipinski definition) is 2. The van der Waals surface area contributed by atoms with Crippen LogP contribution in [0.15, 0.2) is 42.5 Å². The van der Waals surface area contributed by atoms with Gasteiger partial charge in [0.25, 0.3) is 5.91 Å². The van der Waals surface area contributed by atoms with Crippen molar-refractivity contribution < 1.29 is 9.18 Å². The highest BCUT2D eigenvalue weighted by Crippen LogP contribution is 2.16. The predicted octanol–water partition coefficient (Wildman–Crippen LogP) is 2.69. The molecule has 0 unspecified atom stereocenters. The summed E-state index contributed by atoms with van der Waals surface area (Å²) in [7, 11) is 0. The van der Waals surface area contributed by atoms with Crippen LogP contribution in [0.2, 0.25) is 0 Å². The summed E-state index contributed by atoms with van der Waals surface area (Å²) in [5.74, 6) is -0.446. The number of anilines is 1. The summed E-state index contributed by atoms with van der Waals surface area (Å²) in [6.45, 7) is 2.35. The molecule has 0 atom stereocenters. The third-order valence-electron chi connectivity index (χ3n) is 3.18. The Bertz CT molecular complexity index is 608. The lowest BCUT2D eigenvalue weighted by molar-refractivity contribution is 0.0955. The fourth-order valence-corrected chi connectivity index (χ4v) is 1.95. The number of aryl methyl sites for hydroxylation is 1. The zero-order valence-corrected chi connectivity index (χ0v) is 11.3. The van der Waals surface area contributed by atoms with Crippen LogP contribution in [0, 0.1) is 12.7 Å². The topological polar surface area (TPSA) is 55.1 Å². The van der Waals surface area contributed by atoms with Gasteiger partial charge in [0.15, 0.2) is 0 Å². The molecule has 1 amide bonds. The van der Waals surface area contributed by atoms with Crippen molar-refractivity contribution in [1.82, 2.24) is 5.32 Å². The first-order valence-corrected chi connectivity index (χ1v) is 6.45. The normalized spacial score (nSPS) is 10.3. The van der Waals surface area contributed by atoms with E-state index in [2.05, 4.69) is 5.32 Å². The lowest BCUT2D eigenvalue weighted by atomic mass is 10.1. The van der Waals surface area contributed by atoms with Crippen molar-refractivity contribution in [3.63, 3.8) is 0 Å². The molecule has 0 aliphatic rings. The quantitative estimate of drug-likeness (QED) is 0.841. The van der Waals surface area contributed by atoms with Crippen molar-refractivity contribution in [2.75, 3.05) is 12.3 Å². The fourth-order valence-electron chi connectivity index (χ4n) is 1.95. The van der Waals surface area contributed by atoms with Gasteiger partial charge in [0, 0.05) is 12.2 Å². The zero-order chi connectivity index (χ0) is 14.5. The molecule has 0 aliphatic heterocycles. The van der Waals surface area contributed by atoms with E-state index in [9.17, 15) is 9.18 Å². The predicted molar refractivity (Wildman–Crippen MR) is 78.0 cm³/mol. The van der Waals surface area contributed by atoms with E-state index in [1.165, 1.54) is 12.1 Å². The minimum Gasteiger partial charge on any atom is -0.398 e. The summed E-state index contributed by atoms with van der Waals surface area (Å²) in [4.78, 5) is 12.0. The highest BCUT2D eigenvalue weighted by Gasteiger charge is 2.09. The van der Waals surface area contributed by atoms with E-state index in [1.807, 2.05) is 13.0 Å². The number of carbonyl (C=O) groups excluding carboxylic acids is 1. The van der Waals surface area contributed by atoms with Gasteiger partial charge in [0.05, 0.1) is 5.56 Å². The van der Waals surface area contributed by atoms with Gasteiger partial charge in [-0.1, -0.05) is 24.3 Å². The van der Waals surface area contributed by atoms with Crippen LogP contribution in [-0.4, -0.2) is 12.5 Å². The molecule has 3 nitrogen and oxygen atoms in total. The Balaban J connectivity index is 1.92. The molecule has 0 bridgehead atoms. The van der Waals surface area contributed by atoms with Gasteiger partial charge in [-0.25, -0.2) is 4.39 Å². The number of amides is 1. The molecule has 0 saturated carbocycles. The van der Waals surface area contributed by atoms with Crippen molar-refractivity contribution in [2.45, 2.75) is 13.3 Å². The Morgan fingerprint density at radius 2 is 1.90 bits per heavy atom. The smallest absolute Gasteiger partial charge is 0.253 e. The Labute approximate surface area is 117 Å². The van der Waals surface area contributed by atoms with Crippen LogP contribution in [0.5, 0.6) is 0 Å². The summed E-state index contributed by atoms with van der Waals surface area (Å²) in [6, 6.07) is 11.6. The molecule has 0 aliphatic carbocycles. The molecule has 0 saturated heterocycles. The van der Waals surface area contributed by atoms with Crippen molar-refractivity contribution >= 4 is 11.6 Å². The lowest BCUT2D eigenvalue weighted by Crippen LogP contribution is -2.26. The van der Waals surface area contributed by atoms with Crippen LogP contribution in [0.4, 0.5) is 10.1 Å². The van der Waals surface area contributed by atoms with E-state index in [1.54, 1.807) is 24.3 Å². The van der Waals surface area contributed by atoms with Gasteiger partial charge in [-0.05, 0) is 42.7 Å². The van der Waals surface area contributed by atoms with Gasteiger partial charge >= 0.3 is 0 Å². The van der Waals surface area contributed by atoms with Crippen LogP contribution < -0.4 is 11.1 Å². The van der Waals surface area contributed by atoms with Crippen LogP contribution >= 0.6 is 0 Å². The highest BCUT2D eigenvalue weighted by atomic mass is 19.1. The van der Waals surface area contributed by atoms with Gasteiger partial charge in [-0.2, -0.15) is 0 Å². The van der Waals surface area contributed by atoms with Gasteiger partial charge in [-0.3, -0.25) is 4.79 Å². The van der Waals surface area contributed by atoms with Gasteiger partial charge < -0.3 is 11.1 Å². The summed E-state index contributed by atoms with van der Waals surface area (Å²) in [6.07, 6.45) is 0.651. The number of hydrogen-bond donors (Lipinski definition) is 2. The van der Waals surface area contributed by atoms with Crippen molar-refractivity contribution in [3.05, 3.63) is 65.0 Å². The highest BCUT2D eigenvalue weighted by molar-refractivity contribution is 5.99. The molecule has 0 radical (unpaired) electrons. The van der Waals surface area contributed by atoms with Crippen LogP contribution in [0.1, 0.15) is 21.5 Å². The first-order chi connectivity index (χ1) is 9.58. The van der Waals surface area contributed by atoms with Crippen LogP contribution in [0.25, 0.3) is 0 Å². The third-order valence-corrected chi connectivity index (χ3v) is 3.18. The second-order valence-corrected chi connectivity index (χ2v) is 4.67. The second-order valence-electron chi connectivity index (χ2n) is 4.67. The van der Waals surface area contributed by atoms with Gasteiger partial charge in [-0.15, -0.1) is 0 Å². The van der Waals surface area contributed by atoms with E-state index in [0.29, 0.717) is 24.2 Å². The Kier molecular flexibility index (Phi) is 4.35. The summed E-state index contributed by atoms with van der Waals surface area (Å²) < 4.78 is 12.8. The molecule has 104 valence electrons. The number of rotatable bonds is 4. The number of para-hydroxylation sites is 1. The maximum absolute atomic E-state index is 12.8. The van der Waals surface area contributed by atoms with Crippen LogP contribution in [0.3, 0.4) is 0 Å². The van der Waals surface area contributed by atoms with Gasteiger partial charge in [0.1, 0.15) is 5.82 Å². The van der Waals surface area contributed by atoms with E-state index < -0.39 is 0 Å². The standard InChI is InChI=1S/C16H17FN2O/c1-11-3-2-4-14(15(11)18)16(20)19-10-9-12-5-7-13(17)8-6-12/h2-8H,9-10,18H2,1H3,(H,19,20). The molecular weight excluding hydrogens is 255 g/mol. The molecule has 20 heavy (non-hydrogen) atoms. The van der Waals surface area contributed by atoms with Crippen molar-refractivity contribution in [1.29, 1.82) is 0 Å². The number of benzene rings is 2. The third kappa shape index (κ3) is 3.35. The number of nitrogens with one attached hydrogen (secondary N) is 1. The zero-order valence-electron chi connectivity index (χ0n) is 11.3. The molecule has 2 rings (SSSR count). The monoisotopic (exact) mass is 272 g/mol. The maximum Gasteiger partial charge on any atom is 0.253 e. The summed E-state index contributed by atoms with van der Waals surface area (Å²) in [5.41, 5.74) is 8.74. The summed E-state index contributed by atoms with van der Waals surface area (Å²) in [5, 5.41) is 2.82. The minimum atomic E-state index is -0.259. The molecule has 0 spiro atoms. The SMILES string of the molecule is Cc1cccc(C(=O)NCCc2ccc(F)cc2)c1N. The molecule has 4 heteroatoms.